The molecule has 28 heavy (non-hydrogen) atoms. The summed E-state index contributed by atoms with van der Waals surface area (Å²) in [6.07, 6.45) is 1.89. The third-order valence-electron chi connectivity index (χ3n) is 5.17. The molecule has 1 fully saturated rings. The lowest BCUT2D eigenvalue weighted by molar-refractivity contribution is 0.131. The van der Waals surface area contributed by atoms with Gasteiger partial charge in [-0.1, -0.05) is 58.4 Å². The van der Waals surface area contributed by atoms with E-state index in [0.29, 0.717) is 0 Å². The number of piperazine rings is 1. The smallest absolute Gasteiger partial charge is 0.127 e. The molecule has 0 aromatic heterocycles. The molecule has 5 heteroatoms. The topological polar surface area (TPSA) is 28.1 Å². The number of ether oxygens (including phenoxy) is 1. The van der Waals surface area contributed by atoms with E-state index >= 15 is 0 Å². The predicted octanol–water partition coefficient (Wildman–Crippen LogP) is 4.76. The van der Waals surface area contributed by atoms with E-state index < -0.39 is 0 Å². The minimum atomic E-state index is 0.835. The number of hydrogen-bond donors (Lipinski definition) is 0. The minimum absolute atomic E-state index is 0.835. The fourth-order valence-electron chi connectivity index (χ4n) is 3.63. The normalized spacial score (nSPS) is 15.4. The van der Waals surface area contributed by atoms with Crippen LogP contribution in [0.4, 0.5) is 0 Å². The lowest BCUT2D eigenvalue weighted by Gasteiger charge is -2.33. The molecule has 4 nitrogen and oxygen atoms in total. The third-order valence-corrected chi connectivity index (χ3v) is 5.67. The Kier molecular flexibility index (Phi) is 5.93. The Morgan fingerprint density at radius 3 is 2.61 bits per heavy atom. The van der Waals surface area contributed by atoms with Crippen LogP contribution in [0.2, 0.25) is 0 Å². The molecule has 4 rings (SSSR count). The Bertz CT molecular complexity index is 975. The average Bonchev–Trinajstić information content (AvgIpc) is 2.74. The summed E-state index contributed by atoms with van der Waals surface area (Å²) >= 11 is 3.51. The molecule has 0 aliphatic carbocycles. The first-order valence-electron chi connectivity index (χ1n) is 9.54. The van der Waals surface area contributed by atoms with Crippen LogP contribution in [-0.4, -0.2) is 49.4 Å². The van der Waals surface area contributed by atoms with E-state index in [9.17, 15) is 0 Å². The molecular formula is C23H24BrN3O. The maximum absolute atomic E-state index is 5.42. The zero-order valence-corrected chi connectivity index (χ0v) is 17.6. The summed E-state index contributed by atoms with van der Waals surface area (Å²) in [6.45, 7) is 4.86. The van der Waals surface area contributed by atoms with Crippen LogP contribution in [0.25, 0.3) is 10.8 Å². The van der Waals surface area contributed by atoms with Gasteiger partial charge in [-0.2, -0.15) is 5.10 Å². The lowest BCUT2D eigenvalue weighted by atomic mass is 10.0. The third kappa shape index (κ3) is 4.37. The van der Waals surface area contributed by atoms with Crippen LogP contribution in [0, 0.1) is 0 Å². The van der Waals surface area contributed by atoms with Crippen LogP contribution in [0.15, 0.2) is 70.2 Å². The molecule has 0 radical (unpaired) electrons. The van der Waals surface area contributed by atoms with Crippen molar-refractivity contribution in [3.63, 3.8) is 0 Å². The first kappa shape index (κ1) is 19.0. The quantitative estimate of drug-likeness (QED) is 0.538. The van der Waals surface area contributed by atoms with Gasteiger partial charge in [-0.25, -0.2) is 0 Å². The van der Waals surface area contributed by atoms with Gasteiger partial charge in [0.05, 0.1) is 13.3 Å². The molecule has 1 aliphatic heterocycles. The molecule has 1 aliphatic rings. The van der Waals surface area contributed by atoms with Gasteiger partial charge in [0.2, 0.25) is 0 Å². The van der Waals surface area contributed by atoms with Crippen LogP contribution >= 0.6 is 15.9 Å². The summed E-state index contributed by atoms with van der Waals surface area (Å²) < 4.78 is 6.44. The zero-order chi connectivity index (χ0) is 19.3. The van der Waals surface area contributed by atoms with Gasteiger partial charge < -0.3 is 4.74 Å². The van der Waals surface area contributed by atoms with Crippen molar-refractivity contribution < 1.29 is 4.74 Å². The maximum atomic E-state index is 5.42. The first-order valence-corrected chi connectivity index (χ1v) is 10.3. The monoisotopic (exact) mass is 437 g/mol. The number of methoxy groups -OCH3 is 1. The highest BCUT2D eigenvalue weighted by Crippen LogP contribution is 2.22. The van der Waals surface area contributed by atoms with Gasteiger partial charge in [0.15, 0.2) is 0 Å². The van der Waals surface area contributed by atoms with Gasteiger partial charge in [-0.15, -0.1) is 0 Å². The lowest BCUT2D eigenvalue weighted by Crippen LogP contribution is -2.43. The Hall–Kier alpha value is -2.37. The molecule has 3 aromatic carbocycles. The van der Waals surface area contributed by atoms with Crippen LogP contribution in [-0.2, 0) is 6.54 Å². The largest absolute Gasteiger partial charge is 0.496 e. The van der Waals surface area contributed by atoms with Gasteiger partial charge >= 0.3 is 0 Å². The molecule has 144 valence electrons. The molecule has 0 spiro atoms. The van der Waals surface area contributed by atoms with E-state index in [1.807, 2.05) is 24.4 Å². The molecule has 0 saturated carbocycles. The maximum Gasteiger partial charge on any atom is 0.127 e. The number of hydrazone groups is 1. The number of rotatable bonds is 5. The van der Waals surface area contributed by atoms with Crippen molar-refractivity contribution in [1.82, 2.24) is 9.91 Å². The van der Waals surface area contributed by atoms with E-state index in [0.717, 1.165) is 48.5 Å². The van der Waals surface area contributed by atoms with Crippen molar-refractivity contribution in [2.24, 2.45) is 5.10 Å². The van der Waals surface area contributed by atoms with Crippen molar-refractivity contribution in [2.45, 2.75) is 6.54 Å². The van der Waals surface area contributed by atoms with Crippen molar-refractivity contribution in [3.8, 4) is 5.75 Å². The number of fused-ring (bicyclic) bond motifs is 1. The molecule has 0 amide bonds. The van der Waals surface area contributed by atoms with Crippen LogP contribution in [0.1, 0.15) is 11.1 Å². The summed E-state index contributed by atoms with van der Waals surface area (Å²) in [6, 6.07) is 21.2. The highest BCUT2D eigenvalue weighted by molar-refractivity contribution is 9.10. The van der Waals surface area contributed by atoms with Crippen LogP contribution in [0.5, 0.6) is 5.75 Å². The van der Waals surface area contributed by atoms with E-state index in [1.165, 1.54) is 16.3 Å². The summed E-state index contributed by atoms with van der Waals surface area (Å²) in [5.74, 6) is 0.835. The van der Waals surface area contributed by atoms with E-state index in [2.05, 4.69) is 73.4 Å². The minimum Gasteiger partial charge on any atom is -0.496 e. The molecule has 0 bridgehead atoms. The fourth-order valence-corrected chi connectivity index (χ4v) is 4.01. The number of benzene rings is 3. The summed E-state index contributed by atoms with van der Waals surface area (Å²) in [5.41, 5.74) is 2.38. The van der Waals surface area contributed by atoms with Crippen LogP contribution in [0.3, 0.4) is 0 Å². The molecule has 0 atom stereocenters. The molecule has 3 aromatic rings. The molecule has 1 heterocycles. The average molecular weight is 438 g/mol. The van der Waals surface area contributed by atoms with E-state index in [-0.39, 0.29) is 0 Å². The first-order chi connectivity index (χ1) is 13.7. The second-order valence-electron chi connectivity index (χ2n) is 7.00. The van der Waals surface area contributed by atoms with Gasteiger partial charge in [-0.05, 0) is 34.5 Å². The van der Waals surface area contributed by atoms with Gasteiger partial charge in [0, 0.05) is 42.8 Å². The van der Waals surface area contributed by atoms with Crippen molar-refractivity contribution in [2.75, 3.05) is 33.3 Å². The Labute approximate surface area is 174 Å². The zero-order valence-electron chi connectivity index (χ0n) is 16.0. The number of nitrogens with zero attached hydrogens (tertiary/aromatic N) is 3. The predicted molar refractivity (Wildman–Crippen MR) is 119 cm³/mol. The Morgan fingerprint density at radius 2 is 1.79 bits per heavy atom. The van der Waals surface area contributed by atoms with Crippen molar-refractivity contribution in [1.29, 1.82) is 0 Å². The second-order valence-corrected chi connectivity index (χ2v) is 7.91. The van der Waals surface area contributed by atoms with Gasteiger partial charge in [0.25, 0.3) is 0 Å². The summed E-state index contributed by atoms with van der Waals surface area (Å²) in [4.78, 5) is 2.51. The Morgan fingerprint density at radius 1 is 1.00 bits per heavy atom. The van der Waals surface area contributed by atoms with Crippen molar-refractivity contribution in [3.05, 3.63) is 76.3 Å². The van der Waals surface area contributed by atoms with Gasteiger partial charge in [-0.3, -0.25) is 9.91 Å². The summed E-state index contributed by atoms with van der Waals surface area (Å²) in [7, 11) is 1.69. The molecule has 1 saturated heterocycles. The second kappa shape index (κ2) is 8.76. The SMILES string of the molecule is COc1ccc(Br)cc1C=NN1CCN(Cc2cccc3ccccc23)CC1. The standard InChI is InChI=1S/C23H24BrN3O/c1-28-23-10-9-21(24)15-20(23)16-25-27-13-11-26(12-14-27)17-19-7-4-6-18-5-2-3-8-22(18)19/h2-10,15-16H,11-14,17H2,1H3. The van der Waals surface area contributed by atoms with Gasteiger partial charge in [0.1, 0.15) is 5.75 Å². The summed E-state index contributed by atoms with van der Waals surface area (Å²) in [5, 5.41) is 9.48. The number of halogens is 1. The highest BCUT2D eigenvalue weighted by atomic mass is 79.9. The number of hydrogen-bond acceptors (Lipinski definition) is 4. The van der Waals surface area contributed by atoms with E-state index in [4.69, 9.17) is 4.74 Å². The highest BCUT2D eigenvalue weighted by Gasteiger charge is 2.16. The molecule has 0 N–H and O–H groups in total. The van der Waals surface area contributed by atoms with Crippen molar-refractivity contribution >= 4 is 32.9 Å². The van der Waals surface area contributed by atoms with Crippen LogP contribution < -0.4 is 4.74 Å². The Balaban J connectivity index is 1.38. The molecular weight excluding hydrogens is 414 g/mol. The van der Waals surface area contributed by atoms with E-state index in [1.54, 1.807) is 7.11 Å². The fraction of sp³-hybridized carbons (Fsp3) is 0.261. The molecule has 0 unspecified atom stereocenters.